The third-order valence-corrected chi connectivity index (χ3v) is 6.42. The molecule has 1 aliphatic heterocycles. The van der Waals surface area contributed by atoms with E-state index in [1.165, 1.54) is 4.90 Å². The lowest BCUT2D eigenvalue weighted by Gasteiger charge is -2.22. The van der Waals surface area contributed by atoms with Gasteiger partial charge in [0, 0.05) is 18.0 Å². The first kappa shape index (κ1) is 23.3. The number of methoxy groups -OCH3 is 1. The van der Waals surface area contributed by atoms with Crippen molar-refractivity contribution in [1.29, 1.82) is 0 Å². The highest BCUT2D eigenvalue weighted by Crippen LogP contribution is 2.42. The van der Waals surface area contributed by atoms with E-state index in [1.807, 2.05) is 39.0 Å². The average Bonchev–Trinajstić information content (AvgIpc) is 3.41. The summed E-state index contributed by atoms with van der Waals surface area (Å²) in [5, 5.41) is 11.4. The number of aliphatic hydroxyl groups excluding tert-OH is 1. The number of ketones is 1. The number of aryl methyl sites for hydroxylation is 1. The highest BCUT2D eigenvalue weighted by molar-refractivity contribution is 6.51. The number of benzene rings is 2. The van der Waals surface area contributed by atoms with Crippen molar-refractivity contribution in [2.45, 2.75) is 32.7 Å². The summed E-state index contributed by atoms with van der Waals surface area (Å²) in [6, 6.07) is 13.5. The summed E-state index contributed by atoms with van der Waals surface area (Å²) in [5.74, 6) is -0.810. The maximum absolute atomic E-state index is 13.4. The van der Waals surface area contributed by atoms with E-state index in [4.69, 9.17) is 4.74 Å². The number of hydrogen-bond donors (Lipinski definition) is 2. The maximum atomic E-state index is 13.4. The van der Waals surface area contributed by atoms with Crippen LogP contribution in [0.25, 0.3) is 16.8 Å². The van der Waals surface area contributed by atoms with E-state index in [9.17, 15) is 14.7 Å². The van der Waals surface area contributed by atoms with Crippen molar-refractivity contribution in [3.05, 3.63) is 88.8 Å². The van der Waals surface area contributed by atoms with Gasteiger partial charge >= 0.3 is 5.91 Å². The van der Waals surface area contributed by atoms with Crippen LogP contribution in [0.4, 0.5) is 5.95 Å². The minimum Gasteiger partial charge on any atom is -0.507 e. The Kier molecular flexibility index (Phi) is 5.80. The van der Waals surface area contributed by atoms with Crippen molar-refractivity contribution in [3.8, 4) is 5.75 Å². The van der Waals surface area contributed by atoms with Crippen molar-refractivity contribution >= 4 is 34.4 Å². The molecule has 1 aliphatic rings. The number of aromatic nitrogens is 3. The Bertz CT molecular complexity index is 1520. The SMILES string of the molecule is COc1ccc(/C(O)=C2\C(=O)C(=O)N(c3nc4ccc(C)cc4[nH]3)C2c2cccnc2)cc1C(C)C. The van der Waals surface area contributed by atoms with E-state index in [2.05, 4.69) is 15.0 Å². The van der Waals surface area contributed by atoms with Crippen LogP contribution in [-0.2, 0) is 9.59 Å². The number of H-pyrrole nitrogens is 1. The van der Waals surface area contributed by atoms with E-state index >= 15 is 0 Å². The van der Waals surface area contributed by atoms with Crippen LogP contribution >= 0.6 is 0 Å². The molecule has 1 unspecified atom stereocenters. The number of amides is 1. The Morgan fingerprint density at radius 1 is 1.14 bits per heavy atom. The molecule has 0 bridgehead atoms. The van der Waals surface area contributed by atoms with Gasteiger partial charge in [0.15, 0.2) is 0 Å². The molecule has 1 fully saturated rings. The molecule has 0 aliphatic carbocycles. The fourth-order valence-electron chi connectivity index (χ4n) is 4.62. The predicted molar refractivity (Wildman–Crippen MR) is 137 cm³/mol. The van der Waals surface area contributed by atoms with Crippen LogP contribution in [0.3, 0.4) is 0 Å². The van der Waals surface area contributed by atoms with E-state index < -0.39 is 17.7 Å². The molecule has 1 atom stereocenters. The Morgan fingerprint density at radius 3 is 2.64 bits per heavy atom. The molecule has 3 heterocycles. The molecule has 36 heavy (non-hydrogen) atoms. The highest BCUT2D eigenvalue weighted by Gasteiger charge is 2.48. The largest absolute Gasteiger partial charge is 0.507 e. The molecule has 4 aromatic rings. The van der Waals surface area contributed by atoms with Gasteiger partial charge in [-0.1, -0.05) is 26.0 Å². The van der Waals surface area contributed by atoms with Gasteiger partial charge in [0.1, 0.15) is 11.5 Å². The van der Waals surface area contributed by atoms with Crippen LogP contribution in [-0.4, -0.2) is 38.9 Å². The molecule has 1 amide bonds. The zero-order chi connectivity index (χ0) is 25.6. The van der Waals surface area contributed by atoms with Crippen molar-refractivity contribution in [2.24, 2.45) is 0 Å². The second-order valence-corrected chi connectivity index (χ2v) is 9.15. The van der Waals surface area contributed by atoms with Gasteiger partial charge < -0.3 is 14.8 Å². The lowest BCUT2D eigenvalue weighted by molar-refractivity contribution is -0.132. The molecule has 2 aromatic heterocycles. The average molecular weight is 483 g/mol. The van der Waals surface area contributed by atoms with E-state index in [1.54, 1.807) is 49.8 Å². The summed E-state index contributed by atoms with van der Waals surface area (Å²) in [4.78, 5) is 40.0. The maximum Gasteiger partial charge on any atom is 0.302 e. The first-order valence-electron chi connectivity index (χ1n) is 11.7. The number of imidazole rings is 1. The standard InChI is InChI=1S/C28H26N4O4/c1-15(2)19-13-17(8-10-22(19)36-4)25(33)23-24(18-6-5-11-29-14-18)32(27(35)26(23)34)28-30-20-9-7-16(3)12-21(20)31-28/h5-15,24,33H,1-4H3,(H,30,31)/b25-23+. The zero-order valence-corrected chi connectivity index (χ0v) is 20.4. The Morgan fingerprint density at radius 2 is 1.94 bits per heavy atom. The van der Waals surface area contributed by atoms with E-state index in [-0.39, 0.29) is 23.2 Å². The third-order valence-electron chi connectivity index (χ3n) is 6.42. The molecule has 0 spiro atoms. The van der Waals surface area contributed by atoms with Crippen molar-refractivity contribution in [1.82, 2.24) is 15.0 Å². The highest BCUT2D eigenvalue weighted by atomic mass is 16.5. The van der Waals surface area contributed by atoms with Gasteiger partial charge in [-0.3, -0.25) is 19.5 Å². The van der Waals surface area contributed by atoms with Crippen LogP contribution in [0.2, 0.25) is 0 Å². The number of aliphatic hydroxyl groups is 1. The van der Waals surface area contributed by atoms with Crippen LogP contribution in [0.1, 0.15) is 48.1 Å². The van der Waals surface area contributed by atoms with Gasteiger partial charge in [0.05, 0.1) is 29.8 Å². The fraction of sp³-hybridized carbons (Fsp3) is 0.214. The number of pyridine rings is 1. The lowest BCUT2D eigenvalue weighted by atomic mass is 9.94. The molecule has 2 aromatic carbocycles. The molecule has 8 heteroatoms. The molecule has 182 valence electrons. The van der Waals surface area contributed by atoms with Gasteiger partial charge in [-0.05, 0) is 65.9 Å². The van der Waals surface area contributed by atoms with Crippen LogP contribution < -0.4 is 9.64 Å². The molecule has 0 radical (unpaired) electrons. The minimum absolute atomic E-state index is 0.0236. The van der Waals surface area contributed by atoms with Crippen LogP contribution in [0, 0.1) is 6.92 Å². The molecule has 8 nitrogen and oxygen atoms in total. The van der Waals surface area contributed by atoms with E-state index in [0.717, 1.165) is 16.6 Å². The second-order valence-electron chi connectivity index (χ2n) is 9.15. The summed E-state index contributed by atoms with van der Waals surface area (Å²) in [6.07, 6.45) is 3.19. The number of anilines is 1. The van der Waals surface area contributed by atoms with Gasteiger partial charge in [-0.15, -0.1) is 0 Å². The minimum atomic E-state index is -0.912. The smallest absolute Gasteiger partial charge is 0.302 e. The quantitative estimate of drug-likeness (QED) is 0.235. The summed E-state index contributed by atoms with van der Waals surface area (Å²) < 4.78 is 5.46. The summed E-state index contributed by atoms with van der Waals surface area (Å²) in [5.41, 5.74) is 4.29. The van der Waals surface area contributed by atoms with Gasteiger partial charge in [-0.2, -0.15) is 0 Å². The van der Waals surface area contributed by atoms with Crippen LogP contribution in [0.15, 0.2) is 66.5 Å². The number of carbonyl (C=O) groups excluding carboxylic acids is 2. The zero-order valence-electron chi connectivity index (χ0n) is 20.4. The number of fused-ring (bicyclic) bond motifs is 1. The molecular formula is C28H26N4O4. The molecule has 0 saturated carbocycles. The molecular weight excluding hydrogens is 456 g/mol. The number of aromatic amines is 1. The summed E-state index contributed by atoms with van der Waals surface area (Å²) >= 11 is 0. The number of rotatable bonds is 5. The number of nitrogens with one attached hydrogen (secondary N) is 1. The first-order chi connectivity index (χ1) is 17.3. The predicted octanol–water partition coefficient (Wildman–Crippen LogP) is 5.02. The van der Waals surface area contributed by atoms with E-state index in [0.29, 0.717) is 22.4 Å². The topological polar surface area (TPSA) is 108 Å². The Balaban J connectivity index is 1.71. The monoisotopic (exact) mass is 482 g/mol. The Labute approximate surface area is 208 Å². The number of hydrogen-bond acceptors (Lipinski definition) is 6. The second kappa shape index (κ2) is 8.96. The molecule has 2 N–H and O–H groups in total. The number of nitrogens with zero attached hydrogens (tertiary/aromatic N) is 3. The lowest BCUT2D eigenvalue weighted by Crippen LogP contribution is -2.30. The molecule has 1 saturated heterocycles. The van der Waals surface area contributed by atoms with Gasteiger partial charge in [0.2, 0.25) is 5.95 Å². The van der Waals surface area contributed by atoms with Gasteiger partial charge in [-0.25, -0.2) is 4.98 Å². The number of ether oxygens (including phenoxy) is 1. The third kappa shape index (κ3) is 3.80. The van der Waals surface area contributed by atoms with Crippen molar-refractivity contribution in [3.63, 3.8) is 0 Å². The van der Waals surface area contributed by atoms with Crippen LogP contribution in [0.5, 0.6) is 5.75 Å². The number of carbonyl (C=O) groups is 2. The summed E-state index contributed by atoms with van der Waals surface area (Å²) in [6.45, 7) is 5.99. The van der Waals surface area contributed by atoms with Crippen molar-refractivity contribution in [2.75, 3.05) is 12.0 Å². The number of Topliss-reactive ketones (excluding diaryl/α,β-unsaturated/α-hetero) is 1. The molecule has 5 rings (SSSR count). The Hall–Kier alpha value is -4.46. The normalized spacial score (nSPS) is 17.4. The first-order valence-corrected chi connectivity index (χ1v) is 11.7. The van der Waals surface area contributed by atoms with Gasteiger partial charge in [0.25, 0.3) is 5.78 Å². The van der Waals surface area contributed by atoms with Crippen molar-refractivity contribution < 1.29 is 19.4 Å². The summed E-state index contributed by atoms with van der Waals surface area (Å²) in [7, 11) is 1.59. The fourth-order valence-corrected chi connectivity index (χ4v) is 4.62.